The number of nitrogens with two attached hydrogens (primary N) is 2. The summed E-state index contributed by atoms with van der Waals surface area (Å²) in [6.45, 7) is 2.22. The summed E-state index contributed by atoms with van der Waals surface area (Å²) in [4.78, 5) is 15.5. The van der Waals surface area contributed by atoms with Crippen LogP contribution in [0.4, 0.5) is 11.4 Å². The molecule has 0 aliphatic carbocycles. The molecule has 5 heteroatoms. The van der Waals surface area contributed by atoms with Gasteiger partial charge in [-0.1, -0.05) is 12.1 Å². The first-order chi connectivity index (χ1) is 8.65. The van der Waals surface area contributed by atoms with E-state index in [1.165, 1.54) is 0 Å². The summed E-state index contributed by atoms with van der Waals surface area (Å²) in [6, 6.07) is 8.85. The smallest absolute Gasteiger partial charge is 0.231 e. The fourth-order valence-electron chi connectivity index (χ4n) is 3.19. The van der Waals surface area contributed by atoms with Crippen molar-refractivity contribution in [1.29, 1.82) is 0 Å². The minimum Gasteiger partial charge on any atom is -0.397 e. The predicted octanol–water partition coefficient (Wildman–Crippen LogP) is 0.0170. The molecule has 3 rings (SSSR count). The van der Waals surface area contributed by atoms with Gasteiger partial charge in [0.25, 0.3) is 0 Å². The van der Waals surface area contributed by atoms with Crippen LogP contribution in [0, 0.1) is 0 Å². The first-order valence-corrected chi connectivity index (χ1v) is 6.28. The molecule has 2 bridgehead atoms. The highest BCUT2D eigenvalue weighted by Crippen LogP contribution is 2.36. The summed E-state index contributed by atoms with van der Waals surface area (Å²) in [5, 5.41) is 0. The Hall–Kier alpha value is -1.75. The number of anilines is 2. The summed E-state index contributed by atoms with van der Waals surface area (Å²) in [5.41, 5.74) is 13.2. The number of primary amides is 1. The molecule has 96 valence electrons. The molecule has 2 saturated heterocycles. The molecular weight excluding hydrogens is 228 g/mol. The van der Waals surface area contributed by atoms with Gasteiger partial charge in [0.1, 0.15) is 0 Å². The van der Waals surface area contributed by atoms with Crippen LogP contribution in [-0.4, -0.2) is 42.5 Å². The lowest BCUT2D eigenvalue weighted by Gasteiger charge is -2.35. The number of piperazine rings is 1. The molecule has 2 atom stereocenters. The molecule has 0 radical (unpaired) electrons. The van der Waals surface area contributed by atoms with Crippen molar-refractivity contribution in [2.45, 2.75) is 18.5 Å². The standard InChI is InChI=1S/C13H18N4O/c14-11-3-1-2-4-12(11)17-7-9-5-10(17)6-16(9)8-13(15)18/h1-4,9-10H,5-8,14H2,(H2,15,18)/t9-,10+/m0/s1. The summed E-state index contributed by atoms with van der Waals surface area (Å²) < 4.78 is 0. The Bertz CT molecular complexity index is 476. The van der Waals surface area contributed by atoms with E-state index in [0.717, 1.165) is 30.9 Å². The van der Waals surface area contributed by atoms with Crippen molar-refractivity contribution < 1.29 is 4.79 Å². The second kappa shape index (κ2) is 4.17. The lowest BCUT2D eigenvalue weighted by Crippen LogP contribution is -2.49. The highest BCUT2D eigenvalue weighted by atomic mass is 16.1. The van der Waals surface area contributed by atoms with Crippen LogP contribution in [0.3, 0.4) is 0 Å². The van der Waals surface area contributed by atoms with Crippen LogP contribution in [0.1, 0.15) is 6.42 Å². The Balaban J connectivity index is 1.74. The van der Waals surface area contributed by atoms with Gasteiger partial charge in [0, 0.05) is 25.2 Å². The van der Waals surface area contributed by atoms with Crippen molar-refractivity contribution in [3.63, 3.8) is 0 Å². The number of nitrogen functional groups attached to an aromatic ring is 1. The molecule has 1 aromatic carbocycles. The largest absolute Gasteiger partial charge is 0.397 e. The van der Waals surface area contributed by atoms with E-state index in [4.69, 9.17) is 11.5 Å². The number of likely N-dealkylation sites (tertiary alicyclic amines) is 1. The first-order valence-electron chi connectivity index (χ1n) is 6.28. The SMILES string of the molecule is NC(=O)CN1C[C@H]2C[C@H]1CN2c1ccccc1N. The van der Waals surface area contributed by atoms with Crippen LogP contribution >= 0.6 is 0 Å². The zero-order valence-corrected chi connectivity index (χ0v) is 10.2. The van der Waals surface area contributed by atoms with Crippen molar-refractivity contribution in [1.82, 2.24) is 4.90 Å². The van der Waals surface area contributed by atoms with Gasteiger partial charge in [0.15, 0.2) is 0 Å². The third-order valence-corrected chi connectivity index (χ3v) is 3.96. The fraction of sp³-hybridized carbons (Fsp3) is 0.462. The maximum Gasteiger partial charge on any atom is 0.231 e. The number of carbonyl (C=O) groups excluding carboxylic acids is 1. The van der Waals surface area contributed by atoms with E-state index >= 15 is 0 Å². The molecule has 2 aliphatic heterocycles. The van der Waals surface area contributed by atoms with Crippen LogP contribution in [0.25, 0.3) is 0 Å². The Morgan fingerprint density at radius 3 is 2.67 bits per heavy atom. The normalized spacial score (nSPS) is 26.8. The quantitative estimate of drug-likeness (QED) is 0.737. The highest BCUT2D eigenvalue weighted by Gasteiger charge is 2.43. The summed E-state index contributed by atoms with van der Waals surface area (Å²) in [6.07, 6.45) is 1.10. The Kier molecular flexibility index (Phi) is 2.63. The lowest BCUT2D eigenvalue weighted by atomic mass is 10.2. The molecule has 1 amide bonds. The molecule has 2 heterocycles. The molecule has 4 N–H and O–H groups in total. The van der Waals surface area contributed by atoms with Crippen LogP contribution in [0.15, 0.2) is 24.3 Å². The number of nitrogens with zero attached hydrogens (tertiary/aromatic N) is 2. The third kappa shape index (κ3) is 1.80. The molecule has 2 aliphatic rings. The average molecular weight is 246 g/mol. The molecule has 0 aromatic heterocycles. The van der Waals surface area contributed by atoms with Gasteiger partial charge in [0.05, 0.1) is 17.9 Å². The van der Waals surface area contributed by atoms with Crippen molar-refractivity contribution in [2.75, 3.05) is 30.3 Å². The third-order valence-electron chi connectivity index (χ3n) is 3.96. The second-order valence-electron chi connectivity index (χ2n) is 5.15. The van der Waals surface area contributed by atoms with Crippen LogP contribution in [-0.2, 0) is 4.79 Å². The van der Waals surface area contributed by atoms with E-state index in [1.54, 1.807) is 0 Å². The molecule has 0 spiro atoms. The molecule has 0 saturated carbocycles. The van der Waals surface area contributed by atoms with Gasteiger partial charge in [0.2, 0.25) is 5.91 Å². The lowest BCUT2D eigenvalue weighted by molar-refractivity contribution is -0.119. The summed E-state index contributed by atoms with van der Waals surface area (Å²) in [5.74, 6) is -0.242. The molecule has 5 nitrogen and oxygen atoms in total. The van der Waals surface area contributed by atoms with Crippen molar-refractivity contribution >= 4 is 17.3 Å². The fourth-order valence-corrected chi connectivity index (χ4v) is 3.19. The zero-order chi connectivity index (χ0) is 12.7. The van der Waals surface area contributed by atoms with Crippen molar-refractivity contribution in [3.05, 3.63) is 24.3 Å². The van der Waals surface area contributed by atoms with E-state index in [1.807, 2.05) is 18.2 Å². The minimum absolute atomic E-state index is 0.242. The topological polar surface area (TPSA) is 75.6 Å². The first kappa shape index (κ1) is 11.3. The van der Waals surface area contributed by atoms with Gasteiger partial charge in [-0.15, -0.1) is 0 Å². The summed E-state index contributed by atoms with van der Waals surface area (Å²) >= 11 is 0. The number of hydrogen-bond donors (Lipinski definition) is 2. The van der Waals surface area contributed by atoms with Gasteiger partial charge >= 0.3 is 0 Å². The number of benzene rings is 1. The van der Waals surface area contributed by atoms with Crippen LogP contribution in [0.2, 0.25) is 0 Å². The second-order valence-corrected chi connectivity index (χ2v) is 5.15. The van der Waals surface area contributed by atoms with E-state index in [9.17, 15) is 4.79 Å². The Morgan fingerprint density at radius 1 is 1.28 bits per heavy atom. The Morgan fingerprint density at radius 2 is 2.06 bits per heavy atom. The van der Waals surface area contributed by atoms with Crippen molar-refractivity contribution in [2.24, 2.45) is 5.73 Å². The van der Waals surface area contributed by atoms with E-state index < -0.39 is 0 Å². The number of amides is 1. The predicted molar refractivity (Wildman–Crippen MR) is 71.2 cm³/mol. The number of para-hydroxylation sites is 2. The van der Waals surface area contributed by atoms with E-state index in [-0.39, 0.29) is 5.91 Å². The van der Waals surface area contributed by atoms with Gasteiger partial charge < -0.3 is 16.4 Å². The van der Waals surface area contributed by atoms with Gasteiger partial charge in [-0.3, -0.25) is 9.69 Å². The maximum absolute atomic E-state index is 11.0. The number of carbonyl (C=O) groups is 1. The molecule has 18 heavy (non-hydrogen) atoms. The zero-order valence-electron chi connectivity index (χ0n) is 10.2. The van der Waals surface area contributed by atoms with Crippen LogP contribution in [0.5, 0.6) is 0 Å². The van der Waals surface area contributed by atoms with Crippen molar-refractivity contribution in [3.8, 4) is 0 Å². The molecule has 0 unspecified atom stereocenters. The highest BCUT2D eigenvalue weighted by molar-refractivity contribution is 5.76. The molecular formula is C13H18N4O. The monoisotopic (exact) mass is 246 g/mol. The van der Waals surface area contributed by atoms with E-state index in [2.05, 4.69) is 15.9 Å². The van der Waals surface area contributed by atoms with Crippen LogP contribution < -0.4 is 16.4 Å². The molecule has 1 aromatic rings. The van der Waals surface area contributed by atoms with E-state index in [0.29, 0.717) is 18.6 Å². The summed E-state index contributed by atoms with van der Waals surface area (Å²) in [7, 11) is 0. The number of fused-ring (bicyclic) bond motifs is 2. The maximum atomic E-state index is 11.0. The Labute approximate surface area is 106 Å². The van der Waals surface area contributed by atoms with Gasteiger partial charge in [-0.25, -0.2) is 0 Å². The average Bonchev–Trinajstić information content (AvgIpc) is 2.88. The van der Waals surface area contributed by atoms with Gasteiger partial charge in [-0.2, -0.15) is 0 Å². The number of rotatable bonds is 3. The number of hydrogen-bond acceptors (Lipinski definition) is 4. The van der Waals surface area contributed by atoms with Gasteiger partial charge in [-0.05, 0) is 18.6 Å². The minimum atomic E-state index is -0.242. The molecule has 2 fully saturated rings.